The first kappa shape index (κ1) is 14.3. The van der Waals surface area contributed by atoms with Crippen molar-refractivity contribution in [2.24, 2.45) is 5.73 Å². The Morgan fingerprint density at radius 1 is 1.06 bits per heavy atom. The number of ether oxygens (including phenoxy) is 2. The van der Waals surface area contributed by atoms with Crippen molar-refractivity contribution in [3.8, 4) is 0 Å². The lowest BCUT2D eigenvalue weighted by atomic mass is 10.3. The number of para-hydroxylation sites is 1. The fourth-order valence-corrected chi connectivity index (χ4v) is 1.47. The maximum absolute atomic E-state index is 5.99. The Morgan fingerprint density at radius 3 is 2.47 bits per heavy atom. The highest BCUT2D eigenvalue weighted by Gasteiger charge is 1.96. The van der Waals surface area contributed by atoms with E-state index in [-0.39, 0.29) is 0 Å². The minimum Gasteiger partial charge on any atom is -0.382 e. The van der Waals surface area contributed by atoms with Crippen molar-refractivity contribution in [1.82, 2.24) is 0 Å². The molecule has 0 unspecified atom stereocenters. The smallest absolute Gasteiger partial charge is 0.0701 e. The molecule has 0 aliphatic heterocycles. The summed E-state index contributed by atoms with van der Waals surface area (Å²) in [7, 11) is 0. The van der Waals surface area contributed by atoms with Crippen LogP contribution in [0.3, 0.4) is 0 Å². The molecule has 0 fully saturated rings. The minimum absolute atomic E-state index is 0.550. The fourth-order valence-electron chi connectivity index (χ4n) is 1.27. The van der Waals surface area contributed by atoms with E-state index in [1.807, 2.05) is 24.3 Å². The first-order valence-corrected chi connectivity index (χ1v) is 6.06. The molecule has 0 aliphatic rings. The van der Waals surface area contributed by atoms with Gasteiger partial charge < -0.3 is 20.5 Å². The molecule has 1 rings (SSSR count). The summed E-state index contributed by atoms with van der Waals surface area (Å²) >= 11 is 5.99. The Balaban J connectivity index is 1.99. The number of rotatable bonds is 9. The van der Waals surface area contributed by atoms with E-state index in [1.54, 1.807) is 0 Å². The van der Waals surface area contributed by atoms with E-state index < -0.39 is 0 Å². The van der Waals surface area contributed by atoms with Gasteiger partial charge in [0, 0.05) is 13.1 Å². The highest BCUT2D eigenvalue weighted by Crippen LogP contribution is 2.19. The molecule has 3 N–H and O–H groups in total. The van der Waals surface area contributed by atoms with Crippen LogP contribution in [0.25, 0.3) is 0 Å². The third-order valence-corrected chi connectivity index (χ3v) is 2.40. The SMILES string of the molecule is NCCOCCOCCNc1ccccc1Cl. The Hall–Kier alpha value is -0.810. The molecule has 0 bridgehead atoms. The molecule has 0 atom stereocenters. The lowest BCUT2D eigenvalue weighted by Gasteiger charge is -2.08. The van der Waals surface area contributed by atoms with Crippen LogP contribution in [-0.2, 0) is 9.47 Å². The summed E-state index contributed by atoms with van der Waals surface area (Å²) in [5.41, 5.74) is 6.21. The van der Waals surface area contributed by atoms with Crippen LogP contribution in [0.5, 0.6) is 0 Å². The Labute approximate surface area is 107 Å². The molecular weight excluding hydrogens is 240 g/mol. The van der Waals surface area contributed by atoms with Crippen LogP contribution < -0.4 is 11.1 Å². The van der Waals surface area contributed by atoms with Crippen molar-refractivity contribution in [2.45, 2.75) is 0 Å². The number of hydrogen-bond donors (Lipinski definition) is 2. The molecule has 5 heteroatoms. The molecule has 0 saturated heterocycles. The van der Waals surface area contributed by atoms with Gasteiger partial charge in [-0.2, -0.15) is 0 Å². The van der Waals surface area contributed by atoms with E-state index in [0.717, 1.165) is 17.3 Å². The van der Waals surface area contributed by atoms with Crippen LogP contribution in [-0.4, -0.2) is 39.5 Å². The predicted octanol–water partition coefficient (Wildman–Crippen LogP) is 1.74. The number of anilines is 1. The molecule has 0 aromatic heterocycles. The number of hydrogen-bond acceptors (Lipinski definition) is 4. The van der Waals surface area contributed by atoms with Gasteiger partial charge >= 0.3 is 0 Å². The standard InChI is InChI=1S/C12H19ClN2O2/c13-11-3-1-2-4-12(11)15-6-8-17-10-9-16-7-5-14/h1-4,15H,5-10,14H2. The molecule has 4 nitrogen and oxygen atoms in total. The van der Waals surface area contributed by atoms with Crippen molar-refractivity contribution < 1.29 is 9.47 Å². The lowest BCUT2D eigenvalue weighted by molar-refractivity contribution is 0.0548. The first-order chi connectivity index (χ1) is 8.34. The van der Waals surface area contributed by atoms with E-state index in [9.17, 15) is 0 Å². The Bertz CT molecular complexity index is 310. The van der Waals surface area contributed by atoms with Gasteiger partial charge in [0.2, 0.25) is 0 Å². The summed E-state index contributed by atoms with van der Waals surface area (Å²) in [6.07, 6.45) is 0. The first-order valence-electron chi connectivity index (χ1n) is 5.68. The number of benzene rings is 1. The second-order valence-corrected chi connectivity index (χ2v) is 3.83. The zero-order valence-electron chi connectivity index (χ0n) is 9.82. The van der Waals surface area contributed by atoms with Crippen LogP contribution in [0.1, 0.15) is 0 Å². The topological polar surface area (TPSA) is 56.5 Å². The van der Waals surface area contributed by atoms with Crippen LogP contribution >= 0.6 is 11.6 Å². The van der Waals surface area contributed by atoms with Gasteiger partial charge in [0.25, 0.3) is 0 Å². The number of nitrogens with one attached hydrogen (secondary N) is 1. The molecule has 0 spiro atoms. The number of halogens is 1. The van der Waals surface area contributed by atoms with Gasteiger partial charge in [-0.1, -0.05) is 23.7 Å². The van der Waals surface area contributed by atoms with Gasteiger partial charge in [-0.15, -0.1) is 0 Å². The third kappa shape index (κ3) is 6.48. The summed E-state index contributed by atoms with van der Waals surface area (Å²) < 4.78 is 10.5. The average Bonchev–Trinajstić information content (AvgIpc) is 2.35. The summed E-state index contributed by atoms with van der Waals surface area (Å²) in [4.78, 5) is 0. The van der Waals surface area contributed by atoms with E-state index >= 15 is 0 Å². The van der Waals surface area contributed by atoms with Gasteiger partial charge in [-0.25, -0.2) is 0 Å². The normalized spacial score (nSPS) is 10.5. The molecule has 0 heterocycles. The maximum atomic E-state index is 5.99. The van der Waals surface area contributed by atoms with Crippen molar-refractivity contribution in [2.75, 3.05) is 44.8 Å². The van der Waals surface area contributed by atoms with Crippen LogP contribution in [0.2, 0.25) is 5.02 Å². The molecule has 1 aromatic carbocycles. The molecule has 0 amide bonds. The predicted molar refractivity (Wildman–Crippen MR) is 70.6 cm³/mol. The molecule has 17 heavy (non-hydrogen) atoms. The molecule has 0 aliphatic carbocycles. The highest BCUT2D eigenvalue weighted by atomic mass is 35.5. The minimum atomic E-state index is 0.550. The van der Waals surface area contributed by atoms with Crippen LogP contribution in [0, 0.1) is 0 Å². The van der Waals surface area contributed by atoms with E-state index in [4.69, 9.17) is 26.8 Å². The third-order valence-electron chi connectivity index (χ3n) is 2.07. The monoisotopic (exact) mass is 258 g/mol. The zero-order valence-corrected chi connectivity index (χ0v) is 10.6. The van der Waals surface area contributed by atoms with E-state index in [1.165, 1.54) is 0 Å². The highest BCUT2D eigenvalue weighted by molar-refractivity contribution is 6.33. The molecule has 0 saturated carbocycles. The van der Waals surface area contributed by atoms with Gasteiger partial charge in [0.1, 0.15) is 0 Å². The largest absolute Gasteiger partial charge is 0.382 e. The van der Waals surface area contributed by atoms with E-state index in [2.05, 4.69) is 5.32 Å². The molecule has 96 valence electrons. The Kier molecular flexibility index (Phi) is 7.75. The Morgan fingerprint density at radius 2 is 1.76 bits per heavy atom. The van der Waals surface area contributed by atoms with E-state index in [0.29, 0.717) is 33.0 Å². The van der Waals surface area contributed by atoms with Gasteiger partial charge in [-0.05, 0) is 12.1 Å². The summed E-state index contributed by atoms with van der Waals surface area (Å²) in [6.45, 7) is 3.65. The van der Waals surface area contributed by atoms with Crippen molar-refractivity contribution >= 4 is 17.3 Å². The maximum Gasteiger partial charge on any atom is 0.0701 e. The van der Waals surface area contributed by atoms with Crippen LogP contribution in [0.4, 0.5) is 5.69 Å². The van der Waals surface area contributed by atoms with Crippen molar-refractivity contribution in [3.63, 3.8) is 0 Å². The zero-order chi connectivity index (χ0) is 12.3. The summed E-state index contributed by atoms with van der Waals surface area (Å²) in [5, 5.41) is 3.92. The van der Waals surface area contributed by atoms with Gasteiger partial charge in [0.05, 0.1) is 37.1 Å². The van der Waals surface area contributed by atoms with Gasteiger partial charge in [-0.3, -0.25) is 0 Å². The average molecular weight is 259 g/mol. The summed E-state index contributed by atoms with van der Waals surface area (Å²) in [6, 6.07) is 7.63. The molecule has 1 aromatic rings. The van der Waals surface area contributed by atoms with Gasteiger partial charge in [0.15, 0.2) is 0 Å². The molecular formula is C12H19ClN2O2. The quantitative estimate of drug-likeness (QED) is 0.663. The van der Waals surface area contributed by atoms with Crippen LogP contribution in [0.15, 0.2) is 24.3 Å². The summed E-state index contributed by atoms with van der Waals surface area (Å²) in [5.74, 6) is 0. The van der Waals surface area contributed by atoms with Crippen molar-refractivity contribution in [1.29, 1.82) is 0 Å². The second kappa shape index (κ2) is 9.24. The fraction of sp³-hybridized carbons (Fsp3) is 0.500. The van der Waals surface area contributed by atoms with Crippen molar-refractivity contribution in [3.05, 3.63) is 29.3 Å². The number of nitrogens with two attached hydrogens (primary N) is 1. The molecule has 0 radical (unpaired) electrons. The second-order valence-electron chi connectivity index (χ2n) is 3.42. The lowest BCUT2D eigenvalue weighted by Crippen LogP contribution is -2.15.